The Kier molecular flexibility index (Phi) is 9.54. The number of rotatable bonds is 9. The molecule has 1 aliphatic carbocycles. The van der Waals surface area contributed by atoms with E-state index in [1.54, 1.807) is 54.6 Å². The van der Waals surface area contributed by atoms with Crippen LogP contribution in [0.2, 0.25) is 5.02 Å². The number of halogens is 2. The highest BCUT2D eigenvalue weighted by atomic mass is 35.5. The number of fused-ring (bicyclic) bond motifs is 3. The molecule has 46 heavy (non-hydrogen) atoms. The van der Waals surface area contributed by atoms with Crippen LogP contribution in [0.3, 0.4) is 0 Å². The lowest BCUT2D eigenvalue weighted by Crippen LogP contribution is -2.31. The third kappa shape index (κ3) is 6.45. The maximum atomic E-state index is 13.5. The van der Waals surface area contributed by atoms with E-state index in [9.17, 15) is 19.7 Å². The summed E-state index contributed by atoms with van der Waals surface area (Å²) in [5.41, 5.74) is 3.26. The van der Waals surface area contributed by atoms with E-state index in [2.05, 4.69) is 5.32 Å². The third-order valence-corrected chi connectivity index (χ3v) is 10.7. The first-order valence-corrected chi connectivity index (χ1v) is 16.6. The number of nitrogens with one attached hydrogen (secondary N) is 1. The Morgan fingerprint density at radius 3 is 2.50 bits per heavy atom. The van der Waals surface area contributed by atoms with E-state index in [-0.39, 0.29) is 51.7 Å². The van der Waals surface area contributed by atoms with Crippen molar-refractivity contribution in [2.24, 2.45) is 5.92 Å². The van der Waals surface area contributed by atoms with Gasteiger partial charge < -0.3 is 14.8 Å². The van der Waals surface area contributed by atoms with Crippen LogP contribution in [0.15, 0.2) is 95.9 Å². The van der Waals surface area contributed by atoms with Crippen molar-refractivity contribution in [1.29, 1.82) is 0 Å². The van der Waals surface area contributed by atoms with E-state index < -0.39 is 17.3 Å². The zero-order chi connectivity index (χ0) is 32.4. The third-order valence-electron chi connectivity index (χ3n) is 8.37. The highest BCUT2D eigenvalue weighted by molar-refractivity contribution is 8.00. The monoisotopic (exact) mass is 676 g/mol. The molecule has 2 aliphatic rings. The van der Waals surface area contributed by atoms with Gasteiger partial charge in [0, 0.05) is 27.9 Å². The highest BCUT2D eigenvalue weighted by Gasteiger charge is 2.50. The molecule has 4 aromatic rings. The number of nitrogens with zero attached hydrogens (tertiary/aromatic N) is 1. The molecular weight excluding hydrogens is 647 g/mol. The number of carbonyl (C=O) groups excluding carboxylic acids is 2. The van der Waals surface area contributed by atoms with Gasteiger partial charge in [-0.2, -0.15) is 0 Å². The molecule has 4 aromatic carbocycles. The standard InChI is InChI=1S/C35H30Cl2N2O6S/c1-2-17-44-35(41)23-7-3-5-9-28(23)45-34(40)21-13-16-26-24(18-21)31-25(33(38-26)20-11-14-22(36)15-12-20)19-30(32(31)37)46-29-10-6-4-8-27(29)39(42)43/h3-16,18,25,30-33,38H,2,17,19H2,1H3. The predicted octanol–water partition coefficient (Wildman–Crippen LogP) is 9.07. The van der Waals surface area contributed by atoms with E-state index in [1.807, 2.05) is 37.3 Å². The highest BCUT2D eigenvalue weighted by Crippen LogP contribution is 2.58. The average molecular weight is 678 g/mol. The molecule has 1 N–H and O–H groups in total. The Bertz CT molecular complexity index is 1790. The number of nitro groups is 1. The van der Waals surface area contributed by atoms with E-state index in [0.717, 1.165) is 16.8 Å². The van der Waals surface area contributed by atoms with Gasteiger partial charge in [0.1, 0.15) is 11.3 Å². The molecular formula is C35H30Cl2N2O6S. The second-order valence-electron chi connectivity index (χ2n) is 11.2. The minimum Gasteiger partial charge on any atom is -0.462 e. The lowest BCUT2D eigenvalue weighted by atomic mass is 9.77. The molecule has 5 atom stereocenters. The molecule has 0 radical (unpaired) electrons. The van der Waals surface area contributed by atoms with Crippen LogP contribution in [0.25, 0.3) is 0 Å². The summed E-state index contributed by atoms with van der Waals surface area (Å²) >= 11 is 14.9. The summed E-state index contributed by atoms with van der Waals surface area (Å²) in [6, 6.07) is 26.1. The van der Waals surface area contributed by atoms with Gasteiger partial charge in [0.2, 0.25) is 0 Å². The van der Waals surface area contributed by atoms with Gasteiger partial charge in [-0.1, -0.05) is 54.9 Å². The fraction of sp³-hybridized carbons (Fsp3) is 0.257. The summed E-state index contributed by atoms with van der Waals surface area (Å²) in [4.78, 5) is 38.0. The van der Waals surface area contributed by atoms with Gasteiger partial charge in [0.25, 0.3) is 5.69 Å². The number of esters is 2. The number of alkyl halides is 1. The second-order valence-corrected chi connectivity index (χ2v) is 13.5. The fourth-order valence-electron chi connectivity index (χ4n) is 6.27. The fourth-order valence-corrected chi connectivity index (χ4v) is 8.34. The van der Waals surface area contributed by atoms with Crippen molar-refractivity contribution in [3.8, 4) is 5.75 Å². The number of hydrogen-bond donors (Lipinski definition) is 1. The topological polar surface area (TPSA) is 108 Å². The summed E-state index contributed by atoms with van der Waals surface area (Å²) in [5.74, 6) is -1.24. The first-order chi connectivity index (χ1) is 22.2. The Morgan fingerprint density at radius 1 is 1.00 bits per heavy atom. The Hall–Kier alpha value is -4.05. The molecule has 8 nitrogen and oxygen atoms in total. The molecule has 1 fully saturated rings. The van der Waals surface area contributed by atoms with Crippen LogP contribution in [0.5, 0.6) is 5.75 Å². The molecule has 0 amide bonds. The molecule has 236 valence electrons. The minimum atomic E-state index is -0.620. The van der Waals surface area contributed by atoms with Crippen LogP contribution in [0, 0.1) is 16.0 Å². The molecule has 1 heterocycles. The van der Waals surface area contributed by atoms with Crippen LogP contribution >= 0.6 is 35.0 Å². The predicted molar refractivity (Wildman–Crippen MR) is 179 cm³/mol. The summed E-state index contributed by atoms with van der Waals surface area (Å²) in [6.07, 6.45) is 1.35. The number of para-hydroxylation sites is 2. The van der Waals surface area contributed by atoms with E-state index in [0.29, 0.717) is 28.3 Å². The van der Waals surface area contributed by atoms with Crippen molar-refractivity contribution in [2.75, 3.05) is 11.9 Å². The smallest absolute Gasteiger partial charge is 0.343 e. The van der Waals surface area contributed by atoms with E-state index in [4.69, 9.17) is 32.7 Å². The van der Waals surface area contributed by atoms with Crippen LogP contribution in [-0.4, -0.2) is 34.1 Å². The second kappa shape index (κ2) is 13.7. The average Bonchev–Trinajstić information content (AvgIpc) is 3.39. The molecule has 0 bridgehead atoms. The van der Waals surface area contributed by atoms with Crippen LogP contribution in [-0.2, 0) is 4.74 Å². The molecule has 6 rings (SSSR count). The number of thioether (sulfide) groups is 1. The molecule has 0 aromatic heterocycles. The summed E-state index contributed by atoms with van der Waals surface area (Å²) < 4.78 is 11.0. The van der Waals surface area contributed by atoms with Crippen LogP contribution in [0.1, 0.15) is 63.6 Å². The number of benzene rings is 4. The molecule has 0 spiro atoms. The van der Waals surface area contributed by atoms with Crippen molar-refractivity contribution >= 4 is 58.3 Å². The molecule has 0 saturated heterocycles. The van der Waals surface area contributed by atoms with Gasteiger partial charge in [-0.15, -0.1) is 23.4 Å². The quantitative estimate of drug-likeness (QED) is 0.0615. The Morgan fingerprint density at radius 2 is 1.74 bits per heavy atom. The minimum absolute atomic E-state index is 0.0109. The van der Waals surface area contributed by atoms with Gasteiger partial charge >= 0.3 is 11.9 Å². The maximum Gasteiger partial charge on any atom is 0.343 e. The maximum absolute atomic E-state index is 13.5. The number of hydrogen-bond acceptors (Lipinski definition) is 8. The zero-order valence-corrected chi connectivity index (χ0v) is 27.1. The molecule has 1 saturated carbocycles. The zero-order valence-electron chi connectivity index (χ0n) is 24.7. The van der Waals surface area contributed by atoms with Gasteiger partial charge in [0.15, 0.2) is 0 Å². The number of carbonyl (C=O) groups is 2. The SMILES string of the molecule is CCCOC(=O)c1ccccc1OC(=O)c1ccc2c(c1)C1C(Cl)C(Sc3ccccc3[N+](=O)[O-])CC1C(c1ccc(Cl)cc1)N2. The van der Waals surface area contributed by atoms with Gasteiger partial charge in [-0.25, -0.2) is 9.59 Å². The largest absolute Gasteiger partial charge is 0.462 e. The Labute approximate surface area is 280 Å². The van der Waals surface area contributed by atoms with Crippen molar-refractivity contribution < 1.29 is 24.0 Å². The van der Waals surface area contributed by atoms with Crippen molar-refractivity contribution in [1.82, 2.24) is 0 Å². The normalized spacial score (nSPS) is 21.4. The molecule has 1 aliphatic heterocycles. The lowest BCUT2D eigenvalue weighted by Gasteiger charge is -2.38. The van der Waals surface area contributed by atoms with Crippen molar-refractivity contribution in [3.05, 3.63) is 128 Å². The van der Waals surface area contributed by atoms with Crippen molar-refractivity contribution in [2.45, 2.75) is 47.2 Å². The first-order valence-electron chi connectivity index (χ1n) is 14.9. The lowest BCUT2D eigenvalue weighted by molar-refractivity contribution is -0.387. The summed E-state index contributed by atoms with van der Waals surface area (Å²) in [6.45, 7) is 2.16. The summed E-state index contributed by atoms with van der Waals surface area (Å²) in [5, 5.41) is 15.5. The van der Waals surface area contributed by atoms with Gasteiger partial charge in [-0.3, -0.25) is 10.1 Å². The van der Waals surface area contributed by atoms with Crippen molar-refractivity contribution in [3.63, 3.8) is 0 Å². The van der Waals surface area contributed by atoms with Gasteiger partial charge in [0.05, 0.1) is 33.4 Å². The number of ether oxygens (including phenoxy) is 2. The first kappa shape index (κ1) is 31.9. The molecule has 11 heteroatoms. The Balaban J connectivity index is 1.33. The molecule has 5 unspecified atom stereocenters. The van der Waals surface area contributed by atoms with E-state index >= 15 is 0 Å². The van der Waals surface area contributed by atoms with Crippen LogP contribution in [0.4, 0.5) is 11.4 Å². The number of nitro benzene ring substituents is 1. The van der Waals surface area contributed by atoms with E-state index in [1.165, 1.54) is 17.8 Å². The van der Waals surface area contributed by atoms with Gasteiger partial charge in [-0.05, 0) is 78.4 Å². The number of anilines is 1. The summed E-state index contributed by atoms with van der Waals surface area (Å²) in [7, 11) is 0. The van der Waals surface area contributed by atoms with Crippen LogP contribution < -0.4 is 10.1 Å².